The van der Waals surface area contributed by atoms with Crippen LogP contribution in [0, 0.1) is 0 Å². The third-order valence-corrected chi connectivity index (χ3v) is 4.96. The van der Waals surface area contributed by atoms with Crippen molar-refractivity contribution in [3.05, 3.63) is 51.6 Å². The van der Waals surface area contributed by atoms with Gasteiger partial charge in [-0.25, -0.2) is 9.97 Å². The van der Waals surface area contributed by atoms with Crippen LogP contribution in [0.2, 0.25) is 0 Å². The zero-order valence-corrected chi connectivity index (χ0v) is 15.0. The number of pyridine rings is 1. The molecule has 2 N–H and O–H groups in total. The van der Waals surface area contributed by atoms with Crippen molar-refractivity contribution in [2.45, 2.75) is 31.8 Å². The van der Waals surface area contributed by atoms with Gasteiger partial charge in [0.2, 0.25) is 0 Å². The highest BCUT2D eigenvalue weighted by Crippen LogP contribution is 2.27. The molecule has 0 aliphatic heterocycles. The first-order valence-electron chi connectivity index (χ1n) is 8.26. The second-order valence-corrected chi connectivity index (χ2v) is 6.94. The van der Waals surface area contributed by atoms with Gasteiger partial charge in [-0.2, -0.15) is 0 Å². The SMILES string of the molecule is O=c1[nH]cc(Br)c2ncnc(Nc3ccc(OC4CCCC4)cc3)c12. The molecule has 0 spiro atoms. The molecule has 1 fully saturated rings. The van der Waals surface area contributed by atoms with Gasteiger partial charge < -0.3 is 15.0 Å². The van der Waals surface area contributed by atoms with E-state index in [1.807, 2.05) is 24.3 Å². The summed E-state index contributed by atoms with van der Waals surface area (Å²) in [4.78, 5) is 23.2. The summed E-state index contributed by atoms with van der Waals surface area (Å²) in [5, 5.41) is 3.61. The summed E-state index contributed by atoms with van der Waals surface area (Å²) >= 11 is 3.40. The van der Waals surface area contributed by atoms with Crippen LogP contribution in [0.15, 0.2) is 46.1 Å². The molecule has 1 aliphatic carbocycles. The average molecular weight is 401 g/mol. The minimum absolute atomic E-state index is 0.234. The molecule has 1 saturated carbocycles. The van der Waals surface area contributed by atoms with E-state index < -0.39 is 0 Å². The van der Waals surface area contributed by atoms with Gasteiger partial charge in [0.25, 0.3) is 5.56 Å². The number of hydrogen-bond donors (Lipinski definition) is 2. The van der Waals surface area contributed by atoms with E-state index in [2.05, 4.69) is 36.2 Å². The maximum atomic E-state index is 12.2. The van der Waals surface area contributed by atoms with Crippen LogP contribution in [0.4, 0.5) is 11.5 Å². The minimum atomic E-state index is -0.234. The van der Waals surface area contributed by atoms with Crippen molar-refractivity contribution >= 4 is 38.3 Å². The van der Waals surface area contributed by atoms with Crippen LogP contribution in [0.5, 0.6) is 5.75 Å². The summed E-state index contributed by atoms with van der Waals surface area (Å²) in [5.74, 6) is 1.34. The molecular weight excluding hydrogens is 384 g/mol. The molecule has 1 aromatic carbocycles. The maximum Gasteiger partial charge on any atom is 0.261 e. The molecule has 4 rings (SSSR count). The van der Waals surface area contributed by atoms with E-state index in [1.54, 1.807) is 6.20 Å². The third-order valence-electron chi connectivity index (χ3n) is 4.35. The number of H-pyrrole nitrogens is 1. The van der Waals surface area contributed by atoms with E-state index >= 15 is 0 Å². The van der Waals surface area contributed by atoms with E-state index in [9.17, 15) is 4.79 Å². The van der Waals surface area contributed by atoms with E-state index in [0.717, 1.165) is 24.3 Å². The molecule has 0 bridgehead atoms. The first kappa shape index (κ1) is 16.1. The molecule has 0 amide bonds. The molecule has 3 aromatic rings. The number of aromatic nitrogens is 3. The van der Waals surface area contributed by atoms with Crippen molar-refractivity contribution in [3.63, 3.8) is 0 Å². The van der Waals surface area contributed by atoms with Gasteiger partial charge >= 0.3 is 0 Å². The molecule has 2 heterocycles. The lowest BCUT2D eigenvalue weighted by molar-refractivity contribution is 0.210. The molecule has 0 saturated heterocycles. The first-order chi connectivity index (χ1) is 12.2. The lowest BCUT2D eigenvalue weighted by atomic mass is 10.2. The Kier molecular flexibility index (Phi) is 4.40. The second kappa shape index (κ2) is 6.84. The number of hydrogen-bond acceptors (Lipinski definition) is 5. The third kappa shape index (κ3) is 3.37. The minimum Gasteiger partial charge on any atom is -0.490 e. The van der Waals surface area contributed by atoms with Gasteiger partial charge in [0.05, 0.1) is 16.1 Å². The fraction of sp³-hybridized carbons (Fsp3) is 0.278. The molecule has 0 atom stereocenters. The Morgan fingerprint density at radius 3 is 2.68 bits per heavy atom. The van der Waals surface area contributed by atoms with E-state index in [-0.39, 0.29) is 5.56 Å². The van der Waals surface area contributed by atoms with E-state index in [4.69, 9.17) is 4.74 Å². The fourth-order valence-corrected chi connectivity index (χ4v) is 3.51. The molecule has 2 aromatic heterocycles. The Morgan fingerprint density at radius 1 is 1.16 bits per heavy atom. The van der Waals surface area contributed by atoms with Crippen LogP contribution in [0.1, 0.15) is 25.7 Å². The van der Waals surface area contributed by atoms with E-state index in [0.29, 0.717) is 27.3 Å². The first-order valence-corrected chi connectivity index (χ1v) is 9.05. The van der Waals surface area contributed by atoms with Crippen molar-refractivity contribution in [2.24, 2.45) is 0 Å². The van der Waals surface area contributed by atoms with Crippen LogP contribution in [0.25, 0.3) is 10.9 Å². The lowest BCUT2D eigenvalue weighted by Crippen LogP contribution is -2.11. The van der Waals surface area contributed by atoms with Gasteiger partial charge in [0.1, 0.15) is 23.3 Å². The van der Waals surface area contributed by atoms with Crippen LogP contribution in [-0.2, 0) is 0 Å². The van der Waals surface area contributed by atoms with Gasteiger partial charge in [-0.15, -0.1) is 0 Å². The van der Waals surface area contributed by atoms with Crippen LogP contribution in [0.3, 0.4) is 0 Å². The highest BCUT2D eigenvalue weighted by Gasteiger charge is 2.16. The smallest absolute Gasteiger partial charge is 0.261 e. The Morgan fingerprint density at radius 2 is 1.92 bits per heavy atom. The van der Waals surface area contributed by atoms with Gasteiger partial charge in [0, 0.05) is 11.9 Å². The largest absolute Gasteiger partial charge is 0.490 e. The number of rotatable bonds is 4. The summed E-state index contributed by atoms with van der Waals surface area (Å²) in [5.41, 5.74) is 1.17. The van der Waals surface area contributed by atoms with Crippen molar-refractivity contribution in [2.75, 3.05) is 5.32 Å². The molecule has 6 nitrogen and oxygen atoms in total. The molecule has 128 valence electrons. The summed E-state index contributed by atoms with van der Waals surface area (Å²) in [6.45, 7) is 0. The molecule has 0 unspecified atom stereocenters. The summed E-state index contributed by atoms with van der Waals surface area (Å²) in [6, 6.07) is 7.71. The van der Waals surface area contributed by atoms with Crippen molar-refractivity contribution in [1.29, 1.82) is 0 Å². The second-order valence-electron chi connectivity index (χ2n) is 6.09. The van der Waals surface area contributed by atoms with Crippen LogP contribution in [-0.4, -0.2) is 21.1 Å². The van der Waals surface area contributed by atoms with Gasteiger partial charge in [-0.1, -0.05) is 0 Å². The summed E-state index contributed by atoms with van der Waals surface area (Å²) < 4.78 is 6.69. The molecular formula is C18H17BrN4O2. The van der Waals surface area contributed by atoms with Crippen molar-refractivity contribution in [3.8, 4) is 5.75 Å². The zero-order chi connectivity index (χ0) is 17.2. The highest BCUT2D eigenvalue weighted by atomic mass is 79.9. The maximum absolute atomic E-state index is 12.2. The molecule has 25 heavy (non-hydrogen) atoms. The highest BCUT2D eigenvalue weighted by molar-refractivity contribution is 9.10. The Hall–Kier alpha value is -2.41. The fourth-order valence-electron chi connectivity index (χ4n) is 3.10. The number of halogens is 1. The number of nitrogens with zero attached hydrogens (tertiary/aromatic N) is 2. The van der Waals surface area contributed by atoms with Crippen molar-refractivity contribution < 1.29 is 4.74 Å². The zero-order valence-electron chi connectivity index (χ0n) is 13.5. The normalized spacial score (nSPS) is 14.8. The number of fused-ring (bicyclic) bond motifs is 1. The summed E-state index contributed by atoms with van der Waals surface area (Å²) in [6.07, 6.45) is 8.10. The Bertz CT molecular complexity index is 949. The molecule has 7 heteroatoms. The molecule has 1 aliphatic rings. The predicted molar refractivity (Wildman–Crippen MR) is 100 cm³/mol. The van der Waals surface area contributed by atoms with Gasteiger partial charge in [-0.05, 0) is 65.9 Å². The number of anilines is 2. The van der Waals surface area contributed by atoms with E-state index in [1.165, 1.54) is 19.2 Å². The predicted octanol–water partition coefficient (Wildman–Crippen LogP) is 4.15. The standard InChI is InChI=1S/C18H17BrN4O2/c19-14-9-20-18(24)15-16(14)21-10-22-17(15)23-11-5-7-13(8-6-11)25-12-3-1-2-4-12/h5-10,12H,1-4H2,(H,20,24)(H,21,22,23). The number of nitrogens with one attached hydrogen (secondary N) is 2. The monoisotopic (exact) mass is 400 g/mol. The average Bonchev–Trinajstić information content (AvgIpc) is 3.13. The summed E-state index contributed by atoms with van der Waals surface area (Å²) in [7, 11) is 0. The lowest BCUT2D eigenvalue weighted by Gasteiger charge is -2.14. The van der Waals surface area contributed by atoms with Crippen LogP contribution >= 0.6 is 15.9 Å². The van der Waals surface area contributed by atoms with Crippen molar-refractivity contribution in [1.82, 2.24) is 15.0 Å². The Balaban J connectivity index is 1.59. The van der Waals surface area contributed by atoms with Crippen LogP contribution < -0.4 is 15.6 Å². The topological polar surface area (TPSA) is 79.9 Å². The number of ether oxygens (including phenoxy) is 1. The Labute approximate surface area is 152 Å². The quantitative estimate of drug-likeness (QED) is 0.687. The number of aromatic amines is 1. The number of benzene rings is 1. The van der Waals surface area contributed by atoms with Gasteiger partial charge in [0.15, 0.2) is 0 Å². The van der Waals surface area contributed by atoms with Gasteiger partial charge in [-0.3, -0.25) is 4.79 Å². The molecule has 0 radical (unpaired) electrons.